The molecule has 0 aromatic heterocycles. The van der Waals surface area contributed by atoms with Crippen molar-refractivity contribution in [2.45, 2.75) is 13.8 Å². The van der Waals surface area contributed by atoms with Crippen LogP contribution in [0.2, 0.25) is 0 Å². The van der Waals surface area contributed by atoms with Gasteiger partial charge in [-0.25, -0.2) is 5.26 Å². The van der Waals surface area contributed by atoms with Crippen LogP contribution >= 0.6 is 0 Å². The minimum absolute atomic E-state index is 0.743. The fraction of sp³-hybridized carbons (Fsp3) is 1.00. The summed E-state index contributed by atoms with van der Waals surface area (Å²) in [6.07, 6.45) is 0.743. The van der Waals surface area contributed by atoms with E-state index < -0.39 is 10.1 Å². The molecule has 0 saturated carbocycles. The van der Waals surface area contributed by atoms with E-state index in [-0.39, 0.29) is 0 Å². The van der Waals surface area contributed by atoms with E-state index in [1.807, 2.05) is 13.8 Å². The van der Waals surface area contributed by atoms with Crippen molar-refractivity contribution in [3.8, 4) is 0 Å². The lowest BCUT2D eigenvalue weighted by molar-refractivity contribution is -0.129. The largest absolute Gasteiger partial charge is 0.290 e. The van der Waals surface area contributed by atoms with Gasteiger partial charge in [-0.15, -0.1) is 4.33 Å². The van der Waals surface area contributed by atoms with Crippen molar-refractivity contribution in [1.29, 1.82) is 0 Å². The highest BCUT2D eigenvalue weighted by atomic mass is 32.2. The van der Waals surface area contributed by atoms with Crippen LogP contribution in [0.1, 0.15) is 13.8 Å². The third-order valence-electron chi connectivity index (χ3n) is 0.135. The van der Waals surface area contributed by atoms with E-state index in [9.17, 15) is 8.42 Å². The predicted molar refractivity (Wildman–Crippen MR) is 29.9 cm³/mol. The van der Waals surface area contributed by atoms with Crippen LogP contribution in [-0.2, 0) is 14.5 Å². The molecular formula is C3H10O4S. The summed E-state index contributed by atoms with van der Waals surface area (Å²) in [5.41, 5.74) is 0. The predicted octanol–water partition coefficient (Wildman–Crippen LogP) is 0.462. The van der Waals surface area contributed by atoms with E-state index in [0.717, 1.165) is 6.26 Å². The van der Waals surface area contributed by atoms with Crippen molar-refractivity contribution in [3.05, 3.63) is 0 Å². The van der Waals surface area contributed by atoms with Crippen LogP contribution in [0.15, 0.2) is 0 Å². The van der Waals surface area contributed by atoms with Gasteiger partial charge in [0.15, 0.2) is 0 Å². The molecule has 0 spiro atoms. The Labute approximate surface area is 49.1 Å². The summed E-state index contributed by atoms with van der Waals surface area (Å²) in [6, 6.07) is 0. The minimum atomic E-state index is -3.61. The van der Waals surface area contributed by atoms with E-state index in [2.05, 4.69) is 4.33 Å². The first-order valence-corrected chi connectivity index (χ1v) is 3.91. The molecular weight excluding hydrogens is 132 g/mol. The first-order chi connectivity index (χ1) is 3.56. The normalized spacial score (nSPS) is 9.50. The standard InChI is InChI=1S/C2H6.CH4O4S/c1-2;1-6(3,4)5-2/h1-2H3;2H,1H3. The smallest absolute Gasteiger partial charge is 0.235 e. The van der Waals surface area contributed by atoms with Gasteiger partial charge in [0.1, 0.15) is 0 Å². The highest BCUT2D eigenvalue weighted by Crippen LogP contribution is 1.75. The summed E-state index contributed by atoms with van der Waals surface area (Å²) >= 11 is 0. The van der Waals surface area contributed by atoms with Crippen LogP contribution in [0.25, 0.3) is 0 Å². The lowest BCUT2D eigenvalue weighted by Gasteiger charge is -1.81. The lowest BCUT2D eigenvalue weighted by atomic mass is 11.0. The number of hydrogen-bond donors (Lipinski definition) is 1. The van der Waals surface area contributed by atoms with Gasteiger partial charge in [-0.1, -0.05) is 13.8 Å². The second kappa shape index (κ2) is 5.02. The fourth-order valence-corrected chi connectivity index (χ4v) is 0. The molecule has 0 rings (SSSR count). The maximum atomic E-state index is 9.53. The Morgan fingerprint density at radius 2 is 1.50 bits per heavy atom. The van der Waals surface area contributed by atoms with E-state index in [4.69, 9.17) is 5.26 Å². The Bertz CT molecular complexity index is 113. The van der Waals surface area contributed by atoms with Crippen molar-refractivity contribution in [1.82, 2.24) is 0 Å². The molecule has 0 radical (unpaired) electrons. The summed E-state index contributed by atoms with van der Waals surface area (Å²) < 4.78 is 22.0. The molecule has 0 aromatic carbocycles. The molecule has 4 nitrogen and oxygen atoms in total. The summed E-state index contributed by atoms with van der Waals surface area (Å²) in [5, 5.41) is 7.31. The molecule has 52 valence electrons. The summed E-state index contributed by atoms with van der Waals surface area (Å²) in [4.78, 5) is 0. The second-order valence-corrected chi connectivity index (χ2v) is 2.34. The molecule has 0 fully saturated rings. The quantitative estimate of drug-likeness (QED) is 0.426. The zero-order valence-electron chi connectivity index (χ0n) is 5.08. The van der Waals surface area contributed by atoms with E-state index >= 15 is 0 Å². The lowest BCUT2D eigenvalue weighted by Crippen LogP contribution is -1.96. The van der Waals surface area contributed by atoms with Gasteiger partial charge < -0.3 is 0 Å². The molecule has 0 unspecified atom stereocenters. The molecule has 8 heavy (non-hydrogen) atoms. The molecule has 0 saturated heterocycles. The highest BCUT2D eigenvalue weighted by Gasteiger charge is 1.93. The Hall–Kier alpha value is -0.130. The molecule has 0 aromatic rings. The summed E-state index contributed by atoms with van der Waals surface area (Å²) in [7, 11) is -3.61. The molecule has 0 aliphatic carbocycles. The molecule has 0 aliphatic rings. The van der Waals surface area contributed by atoms with Gasteiger partial charge in [-0.2, -0.15) is 8.42 Å². The van der Waals surface area contributed by atoms with Crippen LogP contribution in [0.3, 0.4) is 0 Å². The van der Waals surface area contributed by atoms with E-state index in [1.54, 1.807) is 0 Å². The zero-order chi connectivity index (χ0) is 7.21. The van der Waals surface area contributed by atoms with Gasteiger partial charge in [-0.3, -0.25) is 0 Å². The monoisotopic (exact) mass is 142 g/mol. The maximum absolute atomic E-state index is 9.53. The molecule has 0 atom stereocenters. The van der Waals surface area contributed by atoms with Gasteiger partial charge in [-0.05, 0) is 0 Å². The minimum Gasteiger partial charge on any atom is -0.235 e. The molecule has 0 bridgehead atoms. The average molecular weight is 142 g/mol. The topological polar surface area (TPSA) is 63.6 Å². The van der Waals surface area contributed by atoms with Crippen LogP contribution in [-0.4, -0.2) is 19.9 Å². The van der Waals surface area contributed by atoms with E-state index in [1.165, 1.54) is 0 Å². The Balaban J connectivity index is 0. The molecule has 0 aliphatic heterocycles. The second-order valence-electron chi connectivity index (χ2n) is 0.779. The average Bonchev–Trinajstić information content (AvgIpc) is 1.71. The van der Waals surface area contributed by atoms with Gasteiger partial charge in [0.25, 0.3) is 10.1 Å². The van der Waals surface area contributed by atoms with Crippen LogP contribution in [0.4, 0.5) is 0 Å². The summed E-state index contributed by atoms with van der Waals surface area (Å²) in [5.74, 6) is 0. The molecule has 0 amide bonds. The third-order valence-corrected chi connectivity index (χ3v) is 0.406. The van der Waals surface area contributed by atoms with Crippen LogP contribution in [0, 0.1) is 0 Å². The van der Waals surface area contributed by atoms with Crippen molar-refractivity contribution in [2.24, 2.45) is 0 Å². The SMILES string of the molecule is CC.CS(=O)(=O)OO. The Kier molecular flexibility index (Phi) is 6.76. The van der Waals surface area contributed by atoms with Gasteiger partial charge in [0.05, 0.1) is 6.26 Å². The first kappa shape index (κ1) is 10.8. The fourth-order valence-electron chi connectivity index (χ4n) is 0. The van der Waals surface area contributed by atoms with Gasteiger partial charge in [0, 0.05) is 0 Å². The maximum Gasteiger partial charge on any atom is 0.290 e. The summed E-state index contributed by atoms with van der Waals surface area (Å²) in [6.45, 7) is 4.00. The molecule has 5 heteroatoms. The zero-order valence-corrected chi connectivity index (χ0v) is 5.90. The van der Waals surface area contributed by atoms with Crippen molar-refractivity contribution in [2.75, 3.05) is 6.26 Å². The van der Waals surface area contributed by atoms with Crippen LogP contribution in [0.5, 0.6) is 0 Å². The van der Waals surface area contributed by atoms with Crippen molar-refractivity contribution in [3.63, 3.8) is 0 Å². The Morgan fingerprint density at radius 1 is 1.38 bits per heavy atom. The molecule has 0 heterocycles. The first-order valence-electron chi connectivity index (χ1n) is 2.09. The van der Waals surface area contributed by atoms with E-state index in [0.29, 0.717) is 0 Å². The molecule has 1 N–H and O–H groups in total. The highest BCUT2D eigenvalue weighted by molar-refractivity contribution is 7.85. The third kappa shape index (κ3) is 16.9. The Morgan fingerprint density at radius 3 is 1.50 bits per heavy atom. The number of hydrogen-bond acceptors (Lipinski definition) is 4. The van der Waals surface area contributed by atoms with Gasteiger partial charge >= 0.3 is 0 Å². The van der Waals surface area contributed by atoms with Crippen molar-refractivity contribution >= 4 is 10.1 Å². The van der Waals surface area contributed by atoms with Crippen LogP contribution < -0.4 is 0 Å². The van der Waals surface area contributed by atoms with Gasteiger partial charge in [0.2, 0.25) is 0 Å². The number of rotatable bonds is 1. The van der Waals surface area contributed by atoms with Crippen molar-refractivity contribution < 1.29 is 18.0 Å².